The van der Waals surface area contributed by atoms with Gasteiger partial charge in [-0.3, -0.25) is 5.10 Å². The highest BCUT2D eigenvalue weighted by Crippen LogP contribution is 2.34. The fourth-order valence-electron chi connectivity index (χ4n) is 4.06. The molecule has 30 heavy (non-hydrogen) atoms. The van der Waals surface area contributed by atoms with Gasteiger partial charge in [-0.05, 0) is 55.2 Å². The normalized spacial score (nSPS) is 16.1. The van der Waals surface area contributed by atoms with Crippen LogP contribution in [0.2, 0.25) is 0 Å². The number of halogens is 3. The number of aromatic nitrogens is 4. The van der Waals surface area contributed by atoms with Gasteiger partial charge in [0, 0.05) is 30.8 Å². The van der Waals surface area contributed by atoms with E-state index >= 15 is 0 Å². The highest BCUT2D eigenvalue weighted by molar-refractivity contribution is 5.93. The molecule has 0 bridgehead atoms. The summed E-state index contributed by atoms with van der Waals surface area (Å²) in [5.41, 5.74) is 2.77. The number of alkyl halides is 3. The van der Waals surface area contributed by atoms with E-state index in [-0.39, 0.29) is 6.61 Å². The van der Waals surface area contributed by atoms with E-state index in [0.717, 1.165) is 54.8 Å². The Morgan fingerprint density at radius 1 is 1.07 bits per heavy atom. The zero-order valence-corrected chi connectivity index (χ0v) is 16.0. The third kappa shape index (κ3) is 3.28. The molecule has 4 aromatic rings. The lowest BCUT2D eigenvalue weighted by Gasteiger charge is -2.32. The fourth-order valence-corrected chi connectivity index (χ4v) is 4.06. The van der Waals surface area contributed by atoms with E-state index in [1.54, 1.807) is 0 Å². The van der Waals surface area contributed by atoms with Crippen LogP contribution in [0.15, 0.2) is 36.4 Å². The van der Waals surface area contributed by atoms with E-state index in [2.05, 4.69) is 25.1 Å². The molecular formula is C21H20F3N5O. The van der Waals surface area contributed by atoms with E-state index in [9.17, 15) is 18.3 Å². The van der Waals surface area contributed by atoms with Gasteiger partial charge in [-0.2, -0.15) is 18.3 Å². The summed E-state index contributed by atoms with van der Waals surface area (Å²) in [5, 5.41) is 16.8. The maximum Gasteiger partial charge on any atom is 0.416 e. The number of fused-ring (bicyclic) bond motifs is 2. The summed E-state index contributed by atoms with van der Waals surface area (Å²) in [6, 6.07) is 9.51. The molecule has 0 radical (unpaired) electrons. The predicted octanol–water partition coefficient (Wildman–Crippen LogP) is 4.33. The van der Waals surface area contributed by atoms with Gasteiger partial charge in [0.15, 0.2) is 5.82 Å². The highest BCUT2D eigenvalue weighted by atomic mass is 19.4. The van der Waals surface area contributed by atoms with Crippen LogP contribution in [-0.2, 0) is 6.18 Å². The molecule has 1 aliphatic rings. The lowest BCUT2D eigenvalue weighted by Crippen LogP contribution is -2.34. The summed E-state index contributed by atoms with van der Waals surface area (Å²) in [5.74, 6) is 0.877. The summed E-state index contributed by atoms with van der Waals surface area (Å²) < 4.78 is 38.8. The molecule has 2 aromatic carbocycles. The number of hydrogen-bond acceptors (Lipinski definition) is 4. The topological polar surface area (TPSA) is 80.8 Å². The van der Waals surface area contributed by atoms with Crippen molar-refractivity contribution in [1.82, 2.24) is 20.2 Å². The van der Waals surface area contributed by atoms with Crippen molar-refractivity contribution in [3.8, 4) is 11.5 Å². The molecule has 156 valence electrons. The monoisotopic (exact) mass is 415 g/mol. The smallest absolute Gasteiger partial charge is 0.396 e. The molecule has 0 amide bonds. The number of hydrogen-bond donors (Lipinski definition) is 3. The molecule has 0 unspecified atom stereocenters. The first-order valence-corrected chi connectivity index (χ1v) is 9.83. The van der Waals surface area contributed by atoms with Gasteiger partial charge in [0.05, 0.1) is 22.1 Å². The number of benzene rings is 2. The second kappa shape index (κ2) is 7.02. The Morgan fingerprint density at radius 3 is 2.60 bits per heavy atom. The van der Waals surface area contributed by atoms with E-state index in [4.69, 9.17) is 0 Å². The van der Waals surface area contributed by atoms with Crippen LogP contribution in [0.1, 0.15) is 18.4 Å². The summed E-state index contributed by atoms with van der Waals surface area (Å²) in [4.78, 5) is 10.1. The Kier molecular flexibility index (Phi) is 4.43. The van der Waals surface area contributed by atoms with Crippen LogP contribution in [0, 0.1) is 5.92 Å². The number of aliphatic hydroxyl groups excluding tert-OH is 1. The molecule has 0 atom stereocenters. The van der Waals surface area contributed by atoms with Crippen molar-refractivity contribution < 1.29 is 18.3 Å². The number of H-pyrrole nitrogens is 2. The van der Waals surface area contributed by atoms with E-state index < -0.39 is 11.7 Å². The Bertz CT molecular complexity index is 1200. The molecule has 1 aliphatic heterocycles. The molecular weight excluding hydrogens is 395 g/mol. The minimum Gasteiger partial charge on any atom is -0.396 e. The third-order valence-corrected chi connectivity index (χ3v) is 5.82. The Balaban J connectivity index is 1.47. The van der Waals surface area contributed by atoms with Crippen molar-refractivity contribution in [3.05, 3.63) is 42.0 Å². The molecule has 0 spiro atoms. The number of piperidine rings is 1. The maximum atomic E-state index is 12.9. The van der Waals surface area contributed by atoms with Crippen molar-refractivity contribution in [2.75, 3.05) is 24.6 Å². The van der Waals surface area contributed by atoms with Gasteiger partial charge in [-0.1, -0.05) is 0 Å². The molecule has 1 fully saturated rings. The number of aromatic amines is 2. The van der Waals surface area contributed by atoms with Crippen LogP contribution in [0.4, 0.5) is 18.9 Å². The molecule has 3 heterocycles. The third-order valence-electron chi connectivity index (χ3n) is 5.82. The van der Waals surface area contributed by atoms with Crippen LogP contribution in [-0.4, -0.2) is 45.0 Å². The summed E-state index contributed by atoms with van der Waals surface area (Å²) in [6.45, 7) is 2.02. The molecule has 0 saturated carbocycles. The van der Waals surface area contributed by atoms with Gasteiger partial charge < -0.3 is 15.0 Å². The second-order valence-electron chi connectivity index (χ2n) is 7.73. The standard InChI is InChI=1S/C21H20F3N5O/c22-21(23,24)13-1-3-15-17(9-13)27-28-19(15)20-25-16-4-2-14(10-18(16)26-20)29-7-5-12(11-30)6-8-29/h1-4,9-10,12,30H,5-8,11H2,(H,25,26)(H,27,28). The van der Waals surface area contributed by atoms with Crippen molar-refractivity contribution in [1.29, 1.82) is 0 Å². The first kappa shape index (κ1) is 18.9. The van der Waals surface area contributed by atoms with Gasteiger partial charge in [0.1, 0.15) is 5.69 Å². The minimum absolute atomic E-state index is 0.235. The lowest BCUT2D eigenvalue weighted by atomic mass is 9.97. The second-order valence-corrected chi connectivity index (χ2v) is 7.73. The van der Waals surface area contributed by atoms with Crippen molar-refractivity contribution in [2.45, 2.75) is 19.0 Å². The van der Waals surface area contributed by atoms with Gasteiger partial charge in [0.25, 0.3) is 0 Å². The van der Waals surface area contributed by atoms with Gasteiger partial charge in [-0.25, -0.2) is 4.98 Å². The quantitative estimate of drug-likeness (QED) is 0.465. The predicted molar refractivity (Wildman–Crippen MR) is 108 cm³/mol. The number of aliphatic hydroxyl groups is 1. The van der Waals surface area contributed by atoms with Crippen molar-refractivity contribution in [3.63, 3.8) is 0 Å². The molecule has 2 aromatic heterocycles. The lowest BCUT2D eigenvalue weighted by molar-refractivity contribution is -0.137. The average Bonchev–Trinajstić information content (AvgIpc) is 3.35. The average molecular weight is 415 g/mol. The summed E-state index contributed by atoms with van der Waals surface area (Å²) in [6.07, 6.45) is -2.48. The Morgan fingerprint density at radius 2 is 1.87 bits per heavy atom. The molecule has 1 saturated heterocycles. The van der Waals surface area contributed by atoms with Crippen molar-refractivity contribution in [2.24, 2.45) is 5.92 Å². The van der Waals surface area contributed by atoms with Gasteiger partial charge in [0.2, 0.25) is 0 Å². The van der Waals surface area contributed by atoms with E-state index in [0.29, 0.717) is 28.3 Å². The zero-order chi connectivity index (χ0) is 20.9. The van der Waals surface area contributed by atoms with Crippen LogP contribution in [0.5, 0.6) is 0 Å². The number of nitrogens with zero attached hydrogens (tertiary/aromatic N) is 3. The maximum absolute atomic E-state index is 12.9. The molecule has 9 heteroatoms. The highest BCUT2D eigenvalue weighted by Gasteiger charge is 2.31. The number of imidazole rings is 1. The van der Waals surface area contributed by atoms with Crippen LogP contribution in [0.3, 0.4) is 0 Å². The van der Waals surface area contributed by atoms with Crippen LogP contribution in [0.25, 0.3) is 33.5 Å². The fraction of sp³-hybridized carbons (Fsp3) is 0.333. The van der Waals surface area contributed by atoms with Gasteiger partial charge >= 0.3 is 6.18 Å². The Hall–Kier alpha value is -3.07. The zero-order valence-electron chi connectivity index (χ0n) is 16.0. The van der Waals surface area contributed by atoms with Crippen LogP contribution >= 0.6 is 0 Å². The number of rotatable bonds is 3. The number of anilines is 1. The molecule has 5 rings (SSSR count). The molecule has 0 aliphatic carbocycles. The SMILES string of the molecule is OCC1CCN(c2ccc3nc(-c4n[nH]c5cc(C(F)(F)F)ccc45)[nH]c3c2)CC1. The Labute approximate surface area is 169 Å². The minimum atomic E-state index is -4.40. The van der Waals surface area contributed by atoms with Crippen LogP contribution < -0.4 is 4.90 Å². The number of nitrogens with one attached hydrogen (secondary N) is 2. The molecule has 6 nitrogen and oxygen atoms in total. The van der Waals surface area contributed by atoms with Crippen molar-refractivity contribution >= 4 is 27.6 Å². The largest absolute Gasteiger partial charge is 0.416 e. The van der Waals surface area contributed by atoms with Gasteiger partial charge in [-0.15, -0.1) is 0 Å². The first-order valence-electron chi connectivity index (χ1n) is 9.83. The summed E-state index contributed by atoms with van der Waals surface area (Å²) in [7, 11) is 0. The molecule has 3 N–H and O–H groups in total. The first-order chi connectivity index (χ1) is 14.4. The summed E-state index contributed by atoms with van der Waals surface area (Å²) >= 11 is 0. The van der Waals surface area contributed by atoms with E-state index in [1.807, 2.05) is 18.2 Å². The van der Waals surface area contributed by atoms with E-state index in [1.165, 1.54) is 6.07 Å².